The summed E-state index contributed by atoms with van der Waals surface area (Å²) >= 11 is 0. The second-order valence-electron chi connectivity index (χ2n) is 7.09. The van der Waals surface area contributed by atoms with Gasteiger partial charge in [0, 0.05) is 24.3 Å². The standard InChI is InChI=1S/C21H23FN2O2/c1-21(2,19(25)23-14-16-9-3-5-11-17(16)22)20(26)24-13-7-10-15-8-4-6-12-18(15)24/h3-6,8-9,11-12H,7,10,13-14H2,1-2H3,(H,23,25). The number of halogens is 1. The number of aryl methyl sites for hydroxylation is 1. The van der Waals surface area contributed by atoms with Gasteiger partial charge in [-0.05, 0) is 44.4 Å². The fourth-order valence-corrected chi connectivity index (χ4v) is 3.22. The lowest BCUT2D eigenvalue weighted by Gasteiger charge is -2.35. The summed E-state index contributed by atoms with van der Waals surface area (Å²) in [5, 5.41) is 2.70. The van der Waals surface area contributed by atoms with Crippen molar-refractivity contribution in [3.05, 3.63) is 65.5 Å². The van der Waals surface area contributed by atoms with Crippen LogP contribution < -0.4 is 10.2 Å². The summed E-state index contributed by atoms with van der Waals surface area (Å²) in [6.07, 6.45) is 1.80. The SMILES string of the molecule is CC(C)(C(=O)NCc1ccccc1F)C(=O)N1CCCc2ccccc21. The highest BCUT2D eigenvalue weighted by atomic mass is 19.1. The first-order chi connectivity index (χ1) is 12.4. The molecular weight excluding hydrogens is 331 g/mol. The fourth-order valence-electron chi connectivity index (χ4n) is 3.22. The topological polar surface area (TPSA) is 49.4 Å². The number of para-hydroxylation sites is 1. The number of fused-ring (bicyclic) bond motifs is 1. The Bertz CT molecular complexity index is 832. The maximum Gasteiger partial charge on any atom is 0.242 e. The summed E-state index contributed by atoms with van der Waals surface area (Å²) in [5.41, 5.74) is 1.15. The maximum absolute atomic E-state index is 13.7. The quantitative estimate of drug-likeness (QED) is 0.855. The summed E-state index contributed by atoms with van der Waals surface area (Å²) in [4.78, 5) is 27.5. The lowest BCUT2D eigenvalue weighted by molar-refractivity contribution is -0.140. The molecule has 2 aromatic rings. The largest absolute Gasteiger partial charge is 0.351 e. The van der Waals surface area contributed by atoms with Crippen molar-refractivity contribution in [2.45, 2.75) is 33.2 Å². The monoisotopic (exact) mass is 354 g/mol. The van der Waals surface area contributed by atoms with Gasteiger partial charge in [-0.15, -0.1) is 0 Å². The minimum absolute atomic E-state index is 0.0544. The van der Waals surface area contributed by atoms with E-state index in [1.54, 1.807) is 36.9 Å². The number of amides is 2. The molecule has 0 aromatic heterocycles. The number of benzene rings is 2. The highest BCUT2D eigenvalue weighted by Gasteiger charge is 2.40. The van der Waals surface area contributed by atoms with Crippen molar-refractivity contribution in [1.82, 2.24) is 5.32 Å². The third kappa shape index (κ3) is 3.47. The first-order valence-electron chi connectivity index (χ1n) is 8.83. The molecule has 0 spiro atoms. The van der Waals surface area contributed by atoms with Crippen molar-refractivity contribution >= 4 is 17.5 Å². The van der Waals surface area contributed by atoms with E-state index in [1.807, 2.05) is 24.3 Å². The Hall–Kier alpha value is -2.69. The van der Waals surface area contributed by atoms with Crippen LogP contribution in [-0.2, 0) is 22.6 Å². The van der Waals surface area contributed by atoms with Gasteiger partial charge in [0.15, 0.2) is 0 Å². The molecule has 1 aliphatic heterocycles. The number of nitrogens with zero attached hydrogens (tertiary/aromatic N) is 1. The van der Waals surface area contributed by atoms with E-state index in [-0.39, 0.29) is 18.3 Å². The third-order valence-electron chi connectivity index (χ3n) is 4.85. The fraction of sp³-hybridized carbons (Fsp3) is 0.333. The Labute approximate surface area is 153 Å². The van der Waals surface area contributed by atoms with Crippen molar-refractivity contribution in [3.63, 3.8) is 0 Å². The van der Waals surface area contributed by atoms with E-state index < -0.39 is 11.3 Å². The summed E-state index contributed by atoms with van der Waals surface area (Å²) < 4.78 is 13.7. The molecule has 4 nitrogen and oxygen atoms in total. The molecule has 1 N–H and O–H groups in total. The molecule has 5 heteroatoms. The number of nitrogens with one attached hydrogen (secondary N) is 1. The lowest BCUT2D eigenvalue weighted by atomic mass is 9.88. The van der Waals surface area contributed by atoms with Gasteiger partial charge in [-0.2, -0.15) is 0 Å². The molecule has 136 valence electrons. The molecule has 26 heavy (non-hydrogen) atoms. The van der Waals surface area contributed by atoms with Crippen LogP contribution in [0.2, 0.25) is 0 Å². The smallest absolute Gasteiger partial charge is 0.242 e. The van der Waals surface area contributed by atoms with Gasteiger partial charge in [0.25, 0.3) is 0 Å². The Morgan fingerprint density at radius 1 is 1.12 bits per heavy atom. The zero-order valence-electron chi connectivity index (χ0n) is 15.1. The number of carbonyl (C=O) groups excluding carboxylic acids is 2. The normalized spacial score (nSPS) is 13.9. The Kier molecular flexibility index (Phi) is 5.07. The molecule has 0 atom stereocenters. The number of hydrogen-bond acceptors (Lipinski definition) is 2. The number of anilines is 1. The Balaban J connectivity index is 1.74. The summed E-state index contributed by atoms with van der Waals surface area (Å²) in [6.45, 7) is 3.88. The molecule has 2 amide bonds. The van der Waals surface area contributed by atoms with Crippen LogP contribution in [0.3, 0.4) is 0 Å². The zero-order chi connectivity index (χ0) is 18.7. The van der Waals surface area contributed by atoms with Gasteiger partial charge >= 0.3 is 0 Å². The predicted octanol–water partition coefficient (Wildman–Crippen LogP) is 3.45. The van der Waals surface area contributed by atoms with Crippen LogP contribution in [0.5, 0.6) is 0 Å². The van der Waals surface area contributed by atoms with Crippen molar-refractivity contribution in [2.24, 2.45) is 5.41 Å². The lowest BCUT2D eigenvalue weighted by Crippen LogP contribution is -2.50. The number of hydrogen-bond donors (Lipinski definition) is 1. The van der Waals surface area contributed by atoms with Crippen LogP contribution in [0.15, 0.2) is 48.5 Å². The molecule has 0 aliphatic carbocycles. The molecule has 1 heterocycles. The van der Waals surface area contributed by atoms with Crippen LogP contribution in [0.1, 0.15) is 31.4 Å². The maximum atomic E-state index is 13.7. The van der Waals surface area contributed by atoms with Crippen LogP contribution in [0.25, 0.3) is 0 Å². The summed E-state index contributed by atoms with van der Waals surface area (Å²) in [5.74, 6) is -1.02. The molecule has 0 saturated carbocycles. The molecule has 0 bridgehead atoms. The molecular formula is C21H23FN2O2. The van der Waals surface area contributed by atoms with Crippen molar-refractivity contribution in [1.29, 1.82) is 0 Å². The van der Waals surface area contributed by atoms with Crippen LogP contribution in [0, 0.1) is 11.2 Å². The van der Waals surface area contributed by atoms with E-state index in [0.717, 1.165) is 24.1 Å². The summed E-state index contributed by atoms with van der Waals surface area (Å²) in [6, 6.07) is 14.1. The summed E-state index contributed by atoms with van der Waals surface area (Å²) in [7, 11) is 0. The van der Waals surface area contributed by atoms with Gasteiger partial charge < -0.3 is 10.2 Å². The van der Waals surface area contributed by atoms with E-state index in [9.17, 15) is 14.0 Å². The predicted molar refractivity (Wildman–Crippen MR) is 99.1 cm³/mol. The van der Waals surface area contributed by atoms with E-state index >= 15 is 0 Å². The van der Waals surface area contributed by atoms with Crippen LogP contribution in [0.4, 0.5) is 10.1 Å². The highest BCUT2D eigenvalue weighted by Crippen LogP contribution is 2.31. The Morgan fingerprint density at radius 3 is 2.58 bits per heavy atom. The number of carbonyl (C=O) groups is 2. The number of rotatable bonds is 4. The second-order valence-corrected chi connectivity index (χ2v) is 7.09. The molecule has 1 aliphatic rings. The average molecular weight is 354 g/mol. The van der Waals surface area contributed by atoms with Crippen molar-refractivity contribution in [2.75, 3.05) is 11.4 Å². The Morgan fingerprint density at radius 2 is 1.81 bits per heavy atom. The van der Waals surface area contributed by atoms with Crippen molar-refractivity contribution in [3.8, 4) is 0 Å². The van der Waals surface area contributed by atoms with E-state index in [2.05, 4.69) is 5.32 Å². The van der Waals surface area contributed by atoms with E-state index in [1.165, 1.54) is 6.07 Å². The van der Waals surface area contributed by atoms with Gasteiger partial charge in [-0.3, -0.25) is 9.59 Å². The van der Waals surface area contributed by atoms with E-state index in [4.69, 9.17) is 0 Å². The van der Waals surface area contributed by atoms with Crippen LogP contribution in [-0.4, -0.2) is 18.4 Å². The van der Waals surface area contributed by atoms with Gasteiger partial charge in [0.05, 0.1) is 0 Å². The van der Waals surface area contributed by atoms with Gasteiger partial charge in [-0.25, -0.2) is 4.39 Å². The first kappa shape index (κ1) is 18.1. The first-order valence-corrected chi connectivity index (χ1v) is 8.83. The molecule has 0 unspecified atom stereocenters. The molecule has 0 fully saturated rings. The molecule has 0 saturated heterocycles. The van der Waals surface area contributed by atoms with Crippen molar-refractivity contribution < 1.29 is 14.0 Å². The average Bonchev–Trinajstić information content (AvgIpc) is 2.66. The zero-order valence-corrected chi connectivity index (χ0v) is 15.1. The van der Waals surface area contributed by atoms with Gasteiger partial charge in [0.2, 0.25) is 11.8 Å². The minimum Gasteiger partial charge on any atom is -0.351 e. The molecule has 0 radical (unpaired) electrons. The molecule has 3 rings (SSSR count). The van der Waals surface area contributed by atoms with Gasteiger partial charge in [0.1, 0.15) is 11.2 Å². The van der Waals surface area contributed by atoms with Gasteiger partial charge in [-0.1, -0.05) is 36.4 Å². The van der Waals surface area contributed by atoms with Crippen LogP contribution >= 0.6 is 0 Å². The third-order valence-corrected chi connectivity index (χ3v) is 4.85. The van der Waals surface area contributed by atoms with E-state index in [0.29, 0.717) is 12.1 Å². The second kappa shape index (κ2) is 7.28. The highest BCUT2D eigenvalue weighted by molar-refractivity contribution is 6.11. The minimum atomic E-state index is -1.24. The molecule has 2 aromatic carbocycles.